The molecule has 1 rings (SSSR count). The summed E-state index contributed by atoms with van der Waals surface area (Å²) in [4.78, 5) is 4.12. The van der Waals surface area contributed by atoms with Crippen molar-refractivity contribution in [2.75, 3.05) is 33.5 Å². The summed E-state index contributed by atoms with van der Waals surface area (Å²) in [6, 6.07) is 4.42. The average molecular weight is 252 g/mol. The maximum absolute atomic E-state index is 5.40. The Labute approximate surface area is 110 Å². The summed E-state index contributed by atoms with van der Waals surface area (Å²) in [5.41, 5.74) is 1.23. The number of unbranched alkanes of at least 4 members (excludes halogenated alkanes) is 1. The first-order chi connectivity index (χ1) is 8.84. The normalized spacial score (nSPS) is 12.6. The summed E-state index contributed by atoms with van der Waals surface area (Å²) in [6.07, 6.45) is 5.91. The van der Waals surface area contributed by atoms with Crippen LogP contribution in [0.3, 0.4) is 0 Å². The van der Waals surface area contributed by atoms with Gasteiger partial charge < -0.3 is 14.8 Å². The second-order valence-electron chi connectivity index (χ2n) is 4.27. The Bertz CT molecular complexity index is 293. The number of rotatable bonds is 10. The van der Waals surface area contributed by atoms with Crippen molar-refractivity contribution in [1.29, 1.82) is 0 Å². The molecule has 0 saturated carbocycles. The quantitative estimate of drug-likeness (QED) is 0.648. The van der Waals surface area contributed by atoms with Gasteiger partial charge >= 0.3 is 0 Å². The second-order valence-corrected chi connectivity index (χ2v) is 4.27. The standard InChI is InChI=1S/C14H24N2O2/c1-13(14-6-5-7-15-12-14)16-8-3-4-9-18-11-10-17-2/h5-7,12-13,16H,3-4,8-11H2,1-2H3. The third-order valence-corrected chi connectivity index (χ3v) is 2.78. The fourth-order valence-corrected chi connectivity index (χ4v) is 1.64. The predicted octanol–water partition coefficient (Wildman–Crippen LogP) is 2.18. The van der Waals surface area contributed by atoms with Crippen LogP contribution in [0, 0.1) is 0 Å². The van der Waals surface area contributed by atoms with E-state index in [1.54, 1.807) is 13.3 Å². The number of pyridine rings is 1. The minimum Gasteiger partial charge on any atom is -0.382 e. The number of ether oxygens (including phenoxy) is 2. The Hall–Kier alpha value is -0.970. The van der Waals surface area contributed by atoms with Crippen molar-refractivity contribution in [2.45, 2.75) is 25.8 Å². The van der Waals surface area contributed by atoms with Crippen LogP contribution in [0.1, 0.15) is 31.4 Å². The molecule has 1 atom stereocenters. The van der Waals surface area contributed by atoms with Gasteiger partial charge in [-0.15, -0.1) is 0 Å². The van der Waals surface area contributed by atoms with E-state index in [1.165, 1.54) is 5.56 Å². The highest BCUT2D eigenvalue weighted by Crippen LogP contribution is 2.09. The number of aromatic nitrogens is 1. The number of nitrogens with one attached hydrogen (secondary N) is 1. The lowest BCUT2D eigenvalue weighted by Gasteiger charge is -2.13. The van der Waals surface area contributed by atoms with Gasteiger partial charge in [-0.3, -0.25) is 4.98 Å². The van der Waals surface area contributed by atoms with E-state index in [-0.39, 0.29) is 0 Å². The molecule has 0 aromatic carbocycles. The Balaban J connectivity index is 1.98. The van der Waals surface area contributed by atoms with Crippen LogP contribution in [-0.4, -0.2) is 38.5 Å². The van der Waals surface area contributed by atoms with Gasteiger partial charge in [0.1, 0.15) is 0 Å². The summed E-state index contributed by atoms with van der Waals surface area (Å²) in [5.74, 6) is 0. The zero-order chi connectivity index (χ0) is 13.1. The van der Waals surface area contributed by atoms with E-state index in [1.807, 2.05) is 12.3 Å². The second kappa shape index (κ2) is 10.00. The molecule has 0 saturated heterocycles. The summed E-state index contributed by atoms with van der Waals surface area (Å²) >= 11 is 0. The molecule has 1 N–H and O–H groups in total. The first-order valence-electron chi connectivity index (χ1n) is 6.54. The molecular formula is C14H24N2O2. The fourth-order valence-electron chi connectivity index (χ4n) is 1.64. The molecule has 0 fully saturated rings. The molecule has 0 aliphatic carbocycles. The highest BCUT2D eigenvalue weighted by molar-refractivity contribution is 5.12. The highest BCUT2D eigenvalue weighted by atomic mass is 16.5. The van der Waals surface area contributed by atoms with Crippen molar-refractivity contribution < 1.29 is 9.47 Å². The van der Waals surface area contributed by atoms with Gasteiger partial charge in [0, 0.05) is 32.2 Å². The van der Waals surface area contributed by atoms with Gasteiger partial charge in [0.15, 0.2) is 0 Å². The number of nitrogens with zero attached hydrogens (tertiary/aromatic N) is 1. The van der Waals surface area contributed by atoms with Crippen molar-refractivity contribution >= 4 is 0 Å². The van der Waals surface area contributed by atoms with Crippen LogP contribution < -0.4 is 5.32 Å². The van der Waals surface area contributed by atoms with Crippen molar-refractivity contribution in [3.05, 3.63) is 30.1 Å². The molecule has 102 valence electrons. The molecule has 1 aromatic heterocycles. The van der Waals surface area contributed by atoms with E-state index in [0.29, 0.717) is 19.3 Å². The average Bonchev–Trinajstić information content (AvgIpc) is 2.42. The highest BCUT2D eigenvalue weighted by Gasteiger charge is 2.02. The largest absolute Gasteiger partial charge is 0.382 e. The Morgan fingerprint density at radius 3 is 2.89 bits per heavy atom. The zero-order valence-corrected chi connectivity index (χ0v) is 11.4. The molecule has 0 aliphatic rings. The van der Waals surface area contributed by atoms with Crippen LogP contribution in [0.5, 0.6) is 0 Å². The molecule has 0 bridgehead atoms. The minimum atomic E-state index is 0.355. The molecule has 1 unspecified atom stereocenters. The molecule has 4 nitrogen and oxygen atoms in total. The molecular weight excluding hydrogens is 228 g/mol. The van der Waals surface area contributed by atoms with Gasteiger partial charge in [-0.2, -0.15) is 0 Å². The van der Waals surface area contributed by atoms with Crippen LogP contribution in [-0.2, 0) is 9.47 Å². The van der Waals surface area contributed by atoms with Crippen molar-refractivity contribution in [1.82, 2.24) is 10.3 Å². The van der Waals surface area contributed by atoms with Crippen LogP contribution in [0.15, 0.2) is 24.5 Å². The maximum atomic E-state index is 5.40. The van der Waals surface area contributed by atoms with E-state index in [2.05, 4.69) is 23.3 Å². The number of hydrogen-bond acceptors (Lipinski definition) is 4. The topological polar surface area (TPSA) is 43.4 Å². The summed E-state index contributed by atoms with van der Waals surface area (Å²) in [7, 11) is 1.69. The van der Waals surface area contributed by atoms with E-state index < -0.39 is 0 Å². The molecule has 0 aliphatic heterocycles. The van der Waals surface area contributed by atoms with Crippen LogP contribution in [0.2, 0.25) is 0 Å². The van der Waals surface area contributed by atoms with Crippen LogP contribution >= 0.6 is 0 Å². The summed E-state index contributed by atoms with van der Waals surface area (Å²) in [5, 5.41) is 3.48. The number of methoxy groups -OCH3 is 1. The van der Waals surface area contributed by atoms with Crippen LogP contribution in [0.25, 0.3) is 0 Å². The SMILES string of the molecule is COCCOCCCCNC(C)c1cccnc1. The van der Waals surface area contributed by atoms with Gasteiger partial charge in [0.05, 0.1) is 13.2 Å². The van der Waals surface area contributed by atoms with Gasteiger partial charge in [-0.1, -0.05) is 6.07 Å². The summed E-state index contributed by atoms with van der Waals surface area (Å²) < 4.78 is 10.3. The third-order valence-electron chi connectivity index (χ3n) is 2.78. The smallest absolute Gasteiger partial charge is 0.0700 e. The summed E-state index contributed by atoms with van der Waals surface area (Å²) in [6.45, 7) is 5.34. The van der Waals surface area contributed by atoms with Crippen molar-refractivity contribution in [2.24, 2.45) is 0 Å². The molecule has 0 amide bonds. The maximum Gasteiger partial charge on any atom is 0.0700 e. The fraction of sp³-hybridized carbons (Fsp3) is 0.643. The van der Waals surface area contributed by atoms with Gasteiger partial charge in [0.25, 0.3) is 0 Å². The van der Waals surface area contributed by atoms with E-state index >= 15 is 0 Å². The lowest BCUT2D eigenvalue weighted by Crippen LogP contribution is -2.20. The predicted molar refractivity (Wildman–Crippen MR) is 72.6 cm³/mol. The monoisotopic (exact) mass is 252 g/mol. The van der Waals surface area contributed by atoms with E-state index in [0.717, 1.165) is 26.0 Å². The van der Waals surface area contributed by atoms with Crippen molar-refractivity contribution in [3.63, 3.8) is 0 Å². The van der Waals surface area contributed by atoms with Gasteiger partial charge in [-0.05, 0) is 37.9 Å². The molecule has 0 radical (unpaired) electrons. The third kappa shape index (κ3) is 6.69. The van der Waals surface area contributed by atoms with E-state index in [4.69, 9.17) is 9.47 Å². The Morgan fingerprint density at radius 1 is 1.28 bits per heavy atom. The van der Waals surface area contributed by atoms with E-state index in [9.17, 15) is 0 Å². The first-order valence-corrected chi connectivity index (χ1v) is 6.54. The molecule has 4 heteroatoms. The van der Waals surface area contributed by atoms with Crippen LogP contribution in [0.4, 0.5) is 0 Å². The Kier molecular flexibility index (Phi) is 8.38. The minimum absolute atomic E-state index is 0.355. The lowest BCUT2D eigenvalue weighted by molar-refractivity contribution is 0.0687. The van der Waals surface area contributed by atoms with Crippen molar-refractivity contribution in [3.8, 4) is 0 Å². The van der Waals surface area contributed by atoms with Gasteiger partial charge in [0.2, 0.25) is 0 Å². The lowest BCUT2D eigenvalue weighted by atomic mass is 10.1. The molecule has 0 spiro atoms. The first kappa shape index (κ1) is 15.1. The zero-order valence-electron chi connectivity index (χ0n) is 11.4. The van der Waals surface area contributed by atoms with Gasteiger partial charge in [-0.25, -0.2) is 0 Å². The number of hydrogen-bond donors (Lipinski definition) is 1. The molecule has 1 heterocycles. The Morgan fingerprint density at radius 2 is 2.17 bits per heavy atom. The molecule has 1 aromatic rings. The molecule has 18 heavy (non-hydrogen) atoms.